The van der Waals surface area contributed by atoms with Crippen LogP contribution in [0, 0.1) is 22.7 Å². The summed E-state index contributed by atoms with van der Waals surface area (Å²) in [6, 6.07) is 4.97. The van der Waals surface area contributed by atoms with Crippen molar-refractivity contribution in [2.24, 2.45) is 23.0 Å². The van der Waals surface area contributed by atoms with Crippen molar-refractivity contribution in [1.82, 2.24) is 5.32 Å². The zero-order chi connectivity index (χ0) is 28.9. The number of carbonyl (C=O) groups is 1. The van der Waals surface area contributed by atoms with Crippen LogP contribution in [0.1, 0.15) is 97.8 Å². The van der Waals surface area contributed by atoms with Gasteiger partial charge in [0, 0.05) is 48.6 Å². The first-order valence-corrected chi connectivity index (χ1v) is 14.2. The maximum Gasteiger partial charge on any atom is 0.225 e. The van der Waals surface area contributed by atoms with Gasteiger partial charge >= 0.3 is 0 Å². The third kappa shape index (κ3) is 11.4. The van der Waals surface area contributed by atoms with Crippen molar-refractivity contribution in [3.63, 3.8) is 0 Å². The molecule has 0 radical (unpaired) electrons. The lowest BCUT2D eigenvalue weighted by molar-refractivity contribution is -0.130. The third-order valence-electron chi connectivity index (χ3n) is 7.20. The number of benzene rings is 1. The number of aliphatic hydroxyl groups is 2. The van der Waals surface area contributed by atoms with Crippen molar-refractivity contribution in [3.8, 4) is 0 Å². The molecule has 0 aliphatic heterocycles. The van der Waals surface area contributed by atoms with Crippen molar-refractivity contribution in [3.05, 3.63) is 29.3 Å². The Morgan fingerprint density at radius 1 is 1.18 bits per heavy atom. The molecule has 0 aliphatic rings. The molecule has 0 fully saturated rings. The molecule has 218 valence electrons. The van der Waals surface area contributed by atoms with E-state index >= 15 is 0 Å². The van der Waals surface area contributed by atoms with Crippen LogP contribution in [0.15, 0.2) is 18.2 Å². The van der Waals surface area contributed by atoms with Crippen molar-refractivity contribution in [1.29, 1.82) is 5.41 Å². The SMILES string of the molecule is CCCCC(C)(C)C(=O)NC[C@H](O)[C@@H](N)C[C@@H](C(C)C)[C@H](O)c1ccc(C=N)c(NCCCOC(C)C)c1. The van der Waals surface area contributed by atoms with E-state index in [2.05, 4.69) is 17.6 Å². The summed E-state index contributed by atoms with van der Waals surface area (Å²) in [5, 5.41) is 36.0. The molecule has 0 saturated carbocycles. The Kier molecular flexibility index (Phi) is 15.1. The minimum atomic E-state index is -0.917. The molecule has 0 aliphatic carbocycles. The van der Waals surface area contributed by atoms with Gasteiger partial charge in [-0.15, -0.1) is 0 Å². The molecule has 1 amide bonds. The molecule has 7 N–H and O–H groups in total. The quantitative estimate of drug-likeness (QED) is 0.113. The van der Waals surface area contributed by atoms with Crippen LogP contribution in [0.3, 0.4) is 0 Å². The van der Waals surface area contributed by atoms with Gasteiger partial charge in [0.05, 0.1) is 18.3 Å². The number of hydrogen-bond acceptors (Lipinski definition) is 7. The van der Waals surface area contributed by atoms with Crippen LogP contribution in [-0.4, -0.2) is 60.3 Å². The maximum atomic E-state index is 12.6. The van der Waals surface area contributed by atoms with Crippen molar-refractivity contribution in [2.75, 3.05) is 25.0 Å². The van der Waals surface area contributed by atoms with Gasteiger partial charge in [-0.2, -0.15) is 0 Å². The highest BCUT2D eigenvalue weighted by Crippen LogP contribution is 2.34. The number of aliphatic hydroxyl groups excluding tert-OH is 2. The Bertz CT molecular complexity index is 844. The van der Waals surface area contributed by atoms with Gasteiger partial charge in [0.25, 0.3) is 0 Å². The molecule has 0 unspecified atom stereocenters. The predicted octanol–water partition coefficient (Wildman–Crippen LogP) is 4.63. The molecular weight excluding hydrogens is 480 g/mol. The van der Waals surface area contributed by atoms with Gasteiger partial charge in [0.1, 0.15) is 0 Å². The van der Waals surface area contributed by atoms with E-state index in [0.717, 1.165) is 42.5 Å². The van der Waals surface area contributed by atoms with Gasteiger partial charge in [-0.3, -0.25) is 4.79 Å². The van der Waals surface area contributed by atoms with E-state index in [4.69, 9.17) is 15.9 Å². The molecule has 0 spiro atoms. The molecular formula is C30H54N4O4. The Morgan fingerprint density at radius 2 is 1.87 bits per heavy atom. The number of carbonyl (C=O) groups excluding carboxylic acids is 1. The molecule has 1 aromatic rings. The fourth-order valence-corrected chi connectivity index (χ4v) is 4.46. The summed E-state index contributed by atoms with van der Waals surface area (Å²) in [5.74, 6) is -0.174. The topological polar surface area (TPSA) is 141 Å². The molecule has 8 heteroatoms. The number of anilines is 1. The Labute approximate surface area is 230 Å². The van der Waals surface area contributed by atoms with Gasteiger partial charge in [0.2, 0.25) is 5.91 Å². The molecule has 38 heavy (non-hydrogen) atoms. The highest BCUT2D eigenvalue weighted by Gasteiger charge is 2.31. The molecule has 1 rings (SSSR count). The normalized spacial score (nSPS) is 15.3. The molecule has 4 atom stereocenters. The van der Waals surface area contributed by atoms with Crippen molar-refractivity contribution in [2.45, 2.75) is 105 Å². The Morgan fingerprint density at radius 3 is 2.45 bits per heavy atom. The molecule has 0 bridgehead atoms. The monoisotopic (exact) mass is 534 g/mol. The summed E-state index contributed by atoms with van der Waals surface area (Å²) in [7, 11) is 0. The first-order chi connectivity index (χ1) is 17.8. The van der Waals surface area contributed by atoms with Crippen LogP contribution < -0.4 is 16.4 Å². The van der Waals surface area contributed by atoms with Crippen molar-refractivity contribution >= 4 is 17.8 Å². The van der Waals surface area contributed by atoms with Crippen LogP contribution >= 0.6 is 0 Å². The summed E-state index contributed by atoms with van der Waals surface area (Å²) < 4.78 is 5.59. The number of nitrogens with two attached hydrogens (primary N) is 1. The van der Waals surface area contributed by atoms with Crippen molar-refractivity contribution < 1.29 is 19.7 Å². The highest BCUT2D eigenvalue weighted by atomic mass is 16.5. The summed E-state index contributed by atoms with van der Waals surface area (Å²) in [6.07, 6.45) is 3.80. The fraction of sp³-hybridized carbons (Fsp3) is 0.733. The average molecular weight is 535 g/mol. The van der Waals surface area contributed by atoms with E-state index in [-0.39, 0.29) is 30.4 Å². The zero-order valence-corrected chi connectivity index (χ0v) is 24.7. The second-order valence-corrected chi connectivity index (χ2v) is 11.7. The lowest BCUT2D eigenvalue weighted by Crippen LogP contribution is -2.47. The van der Waals surface area contributed by atoms with E-state index in [0.29, 0.717) is 19.6 Å². The summed E-state index contributed by atoms with van der Waals surface area (Å²) in [6.45, 7) is 15.4. The predicted molar refractivity (Wildman–Crippen MR) is 157 cm³/mol. The van der Waals surface area contributed by atoms with E-state index in [1.54, 1.807) is 0 Å². The zero-order valence-electron chi connectivity index (χ0n) is 24.7. The molecule has 1 aromatic carbocycles. The van der Waals surface area contributed by atoms with Crippen LogP contribution in [0.4, 0.5) is 5.69 Å². The minimum absolute atomic E-state index is 0.0824. The third-order valence-corrected chi connectivity index (χ3v) is 7.20. The number of ether oxygens (including phenoxy) is 1. The number of nitrogens with one attached hydrogen (secondary N) is 3. The largest absolute Gasteiger partial charge is 0.390 e. The standard InChI is InChI=1S/C30H54N4O4/c1-8-9-13-30(6,7)29(37)34-19-27(35)25(32)17-24(20(2)3)28(36)22-11-12-23(18-31)26(16-22)33-14-10-15-38-21(4)5/h11-12,16,18,20-21,24-25,27-28,31,33,35-36H,8-10,13-15,17,19,32H2,1-7H3,(H,34,37)/t24-,25-,27-,28+/m0/s1. The van der Waals surface area contributed by atoms with E-state index < -0.39 is 23.7 Å². The van der Waals surface area contributed by atoms with Gasteiger partial charge in [0.15, 0.2) is 0 Å². The minimum Gasteiger partial charge on any atom is -0.390 e. The number of unbranched alkanes of at least 4 members (excludes halogenated alkanes) is 1. The molecule has 0 saturated heterocycles. The summed E-state index contributed by atoms with van der Waals surface area (Å²) in [4.78, 5) is 12.6. The van der Waals surface area contributed by atoms with Crippen LogP contribution in [0.25, 0.3) is 0 Å². The Hall–Kier alpha value is -2.00. The number of amides is 1. The molecule has 0 heterocycles. The second-order valence-electron chi connectivity index (χ2n) is 11.7. The highest BCUT2D eigenvalue weighted by molar-refractivity contribution is 5.86. The van der Waals surface area contributed by atoms with Crippen LogP contribution in [0.5, 0.6) is 0 Å². The van der Waals surface area contributed by atoms with Gasteiger partial charge in [-0.05, 0) is 56.6 Å². The van der Waals surface area contributed by atoms with Crippen LogP contribution in [0.2, 0.25) is 0 Å². The lowest BCUT2D eigenvalue weighted by Gasteiger charge is -2.32. The maximum absolute atomic E-state index is 12.6. The second kappa shape index (κ2) is 16.9. The summed E-state index contributed by atoms with van der Waals surface area (Å²) >= 11 is 0. The van der Waals surface area contributed by atoms with Crippen LogP contribution in [-0.2, 0) is 9.53 Å². The smallest absolute Gasteiger partial charge is 0.225 e. The Balaban J connectivity index is 2.83. The van der Waals surface area contributed by atoms with E-state index in [1.807, 2.05) is 59.7 Å². The molecule has 8 nitrogen and oxygen atoms in total. The first-order valence-electron chi connectivity index (χ1n) is 14.2. The summed E-state index contributed by atoms with van der Waals surface area (Å²) in [5.41, 5.74) is 8.16. The average Bonchev–Trinajstić information content (AvgIpc) is 2.87. The van der Waals surface area contributed by atoms with Gasteiger partial charge < -0.3 is 36.7 Å². The van der Waals surface area contributed by atoms with Gasteiger partial charge in [-0.1, -0.05) is 59.6 Å². The van der Waals surface area contributed by atoms with E-state index in [9.17, 15) is 15.0 Å². The lowest BCUT2D eigenvalue weighted by atomic mass is 9.80. The number of rotatable bonds is 19. The van der Waals surface area contributed by atoms with E-state index in [1.165, 1.54) is 6.21 Å². The number of hydrogen-bond donors (Lipinski definition) is 6. The van der Waals surface area contributed by atoms with Gasteiger partial charge in [-0.25, -0.2) is 0 Å². The molecule has 0 aromatic heterocycles. The first kappa shape index (κ1) is 34.0. The fourth-order valence-electron chi connectivity index (χ4n) is 4.46.